The highest BCUT2D eigenvalue weighted by atomic mass is 19.1. The number of rotatable bonds is 6. The van der Waals surface area contributed by atoms with Gasteiger partial charge in [0.2, 0.25) is 0 Å². The van der Waals surface area contributed by atoms with Gasteiger partial charge in [-0.15, -0.1) is 0 Å². The molecule has 2 aromatic rings. The van der Waals surface area contributed by atoms with Gasteiger partial charge in [0.05, 0.1) is 6.04 Å². The Hall–Kier alpha value is -2.20. The van der Waals surface area contributed by atoms with Crippen LogP contribution in [0, 0.1) is 5.82 Å². The van der Waals surface area contributed by atoms with Crippen molar-refractivity contribution >= 4 is 5.91 Å². The molecule has 0 aliphatic heterocycles. The van der Waals surface area contributed by atoms with E-state index in [2.05, 4.69) is 41.4 Å². The number of nitrogens with one attached hydrogen (secondary N) is 1. The van der Waals surface area contributed by atoms with Crippen molar-refractivity contribution in [2.45, 2.75) is 19.4 Å². The third-order valence-electron chi connectivity index (χ3n) is 3.96. The Morgan fingerprint density at radius 3 is 2.22 bits per heavy atom. The second kappa shape index (κ2) is 7.88. The lowest BCUT2D eigenvalue weighted by Crippen LogP contribution is -2.34. The highest BCUT2D eigenvalue weighted by molar-refractivity contribution is 5.94. The number of halogens is 1. The highest BCUT2D eigenvalue weighted by Gasteiger charge is 2.16. The first kappa shape index (κ1) is 17.2. The SMILES string of the molecule is CCc1ccc(C(CNC(=O)c2ccc(F)cc2)N(C)C)cc1. The topological polar surface area (TPSA) is 32.3 Å². The van der Waals surface area contributed by atoms with Gasteiger partial charge >= 0.3 is 0 Å². The van der Waals surface area contributed by atoms with Gasteiger partial charge in [-0.1, -0.05) is 31.2 Å². The molecule has 0 heterocycles. The Morgan fingerprint density at radius 2 is 1.70 bits per heavy atom. The van der Waals surface area contributed by atoms with Gasteiger partial charge in [-0.25, -0.2) is 4.39 Å². The second-order valence-corrected chi connectivity index (χ2v) is 5.79. The molecule has 1 unspecified atom stereocenters. The summed E-state index contributed by atoms with van der Waals surface area (Å²) in [6.07, 6.45) is 1.01. The molecule has 122 valence electrons. The predicted molar refractivity (Wildman–Crippen MR) is 91.0 cm³/mol. The van der Waals surface area contributed by atoms with Crippen LogP contribution in [0.15, 0.2) is 48.5 Å². The molecule has 2 aromatic carbocycles. The lowest BCUT2D eigenvalue weighted by Gasteiger charge is -2.25. The fourth-order valence-electron chi connectivity index (χ4n) is 2.47. The number of amides is 1. The third-order valence-corrected chi connectivity index (χ3v) is 3.96. The summed E-state index contributed by atoms with van der Waals surface area (Å²) in [7, 11) is 3.98. The molecule has 0 aromatic heterocycles. The van der Waals surface area contributed by atoms with E-state index < -0.39 is 0 Å². The van der Waals surface area contributed by atoms with Gasteiger partial charge in [-0.2, -0.15) is 0 Å². The van der Waals surface area contributed by atoms with E-state index in [1.807, 2.05) is 14.1 Å². The minimum atomic E-state index is -0.344. The Morgan fingerprint density at radius 1 is 1.09 bits per heavy atom. The summed E-state index contributed by atoms with van der Waals surface area (Å²) in [5.41, 5.74) is 2.92. The van der Waals surface area contributed by atoms with Gasteiger partial charge in [0.25, 0.3) is 5.91 Å². The molecule has 23 heavy (non-hydrogen) atoms. The molecule has 0 radical (unpaired) electrons. The molecule has 4 heteroatoms. The molecular formula is C19H23FN2O. The van der Waals surface area contributed by atoms with E-state index in [-0.39, 0.29) is 17.8 Å². The molecule has 0 bridgehead atoms. The molecule has 0 aliphatic carbocycles. The molecule has 1 N–H and O–H groups in total. The van der Waals surface area contributed by atoms with Crippen LogP contribution in [0.25, 0.3) is 0 Å². The maximum absolute atomic E-state index is 12.9. The fraction of sp³-hybridized carbons (Fsp3) is 0.316. The van der Waals surface area contributed by atoms with E-state index in [9.17, 15) is 9.18 Å². The zero-order valence-corrected chi connectivity index (χ0v) is 13.8. The lowest BCUT2D eigenvalue weighted by molar-refractivity contribution is 0.0942. The van der Waals surface area contributed by atoms with Crippen molar-refractivity contribution < 1.29 is 9.18 Å². The van der Waals surface area contributed by atoms with Crippen LogP contribution < -0.4 is 5.32 Å². The van der Waals surface area contributed by atoms with Crippen LogP contribution >= 0.6 is 0 Å². The highest BCUT2D eigenvalue weighted by Crippen LogP contribution is 2.18. The van der Waals surface area contributed by atoms with Crippen LogP contribution in [0.2, 0.25) is 0 Å². The monoisotopic (exact) mass is 314 g/mol. The standard InChI is InChI=1S/C19H23FN2O/c1-4-14-5-7-15(8-6-14)18(22(2)3)13-21-19(23)16-9-11-17(20)12-10-16/h5-12,18H,4,13H2,1-3H3,(H,21,23). The number of carbonyl (C=O) groups excluding carboxylic acids is 1. The molecule has 3 nitrogen and oxygen atoms in total. The zero-order chi connectivity index (χ0) is 16.8. The summed E-state index contributed by atoms with van der Waals surface area (Å²) < 4.78 is 12.9. The van der Waals surface area contributed by atoms with Gasteiger partial charge in [0.1, 0.15) is 5.82 Å². The molecule has 0 saturated carbocycles. The minimum absolute atomic E-state index is 0.0882. The fourth-order valence-corrected chi connectivity index (χ4v) is 2.47. The maximum atomic E-state index is 12.9. The number of carbonyl (C=O) groups is 1. The number of aryl methyl sites for hydroxylation is 1. The second-order valence-electron chi connectivity index (χ2n) is 5.79. The van der Waals surface area contributed by atoms with Crippen LogP contribution in [0.5, 0.6) is 0 Å². The van der Waals surface area contributed by atoms with Gasteiger partial charge in [0.15, 0.2) is 0 Å². The van der Waals surface area contributed by atoms with Crippen molar-refractivity contribution in [3.63, 3.8) is 0 Å². The lowest BCUT2D eigenvalue weighted by atomic mass is 10.0. The number of hydrogen-bond donors (Lipinski definition) is 1. The van der Waals surface area contributed by atoms with Crippen LogP contribution in [0.3, 0.4) is 0 Å². The molecule has 1 atom stereocenters. The predicted octanol–water partition coefficient (Wildman–Crippen LogP) is 3.42. The van der Waals surface area contributed by atoms with Crippen molar-refractivity contribution in [2.24, 2.45) is 0 Å². The van der Waals surface area contributed by atoms with Crippen LogP contribution in [-0.4, -0.2) is 31.4 Å². The average molecular weight is 314 g/mol. The van der Waals surface area contributed by atoms with Crippen molar-refractivity contribution in [1.82, 2.24) is 10.2 Å². The minimum Gasteiger partial charge on any atom is -0.350 e. The molecule has 2 rings (SSSR count). The van der Waals surface area contributed by atoms with E-state index in [0.29, 0.717) is 12.1 Å². The van der Waals surface area contributed by atoms with Crippen molar-refractivity contribution in [1.29, 1.82) is 0 Å². The largest absolute Gasteiger partial charge is 0.350 e. The molecule has 0 fully saturated rings. The summed E-state index contributed by atoms with van der Waals surface area (Å²) in [6.45, 7) is 2.62. The first-order valence-corrected chi connectivity index (χ1v) is 7.80. The van der Waals surface area contributed by atoms with E-state index in [0.717, 1.165) is 12.0 Å². The van der Waals surface area contributed by atoms with Crippen LogP contribution in [0.4, 0.5) is 4.39 Å². The summed E-state index contributed by atoms with van der Waals surface area (Å²) in [5.74, 6) is -0.536. The Labute approximate surface area is 137 Å². The molecule has 1 amide bonds. The van der Waals surface area contributed by atoms with Crippen LogP contribution in [-0.2, 0) is 6.42 Å². The maximum Gasteiger partial charge on any atom is 0.251 e. The van der Waals surface area contributed by atoms with Gasteiger partial charge in [-0.05, 0) is 55.9 Å². The van der Waals surface area contributed by atoms with Gasteiger partial charge in [0, 0.05) is 12.1 Å². The summed E-state index contributed by atoms with van der Waals surface area (Å²) in [6, 6.07) is 14.1. The van der Waals surface area contributed by atoms with Crippen molar-refractivity contribution in [3.05, 3.63) is 71.0 Å². The first-order valence-electron chi connectivity index (χ1n) is 7.80. The number of hydrogen-bond acceptors (Lipinski definition) is 2. The van der Waals surface area contributed by atoms with Gasteiger partial charge in [-0.3, -0.25) is 4.79 Å². The Balaban J connectivity index is 2.04. The molecular weight excluding hydrogens is 291 g/mol. The van der Waals surface area contributed by atoms with E-state index in [1.54, 1.807) is 0 Å². The number of likely N-dealkylation sites (N-methyl/N-ethyl adjacent to an activating group) is 1. The van der Waals surface area contributed by atoms with Crippen molar-refractivity contribution in [2.75, 3.05) is 20.6 Å². The van der Waals surface area contributed by atoms with Crippen molar-refractivity contribution in [3.8, 4) is 0 Å². The Bertz CT molecular complexity index is 635. The number of nitrogens with zero attached hydrogens (tertiary/aromatic N) is 1. The summed E-state index contributed by atoms with van der Waals surface area (Å²) in [5, 5.41) is 2.92. The van der Waals surface area contributed by atoms with E-state index in [1.165, 1.54) is 29.8 Å². The Kier molecular flexibility index (Phi) is 5.88. The first-order chi connectivity index (χ1) is 11.0. The normalized spacial score (nSPS) is 12.2. The quantitative estimate of drug-likeness (QED) is 0.886. The molecule has 0 spiro atoms. The molecule has 0 saturated heterocycles. The zero-order valence-electron chi connectivity index (χ0n) is 13.8. The smallest absolute Gasteiger partial charge is 0.251 e. The van der Waals surface area contributed by atoms with E-state index >= 15 is 0 Å². The van der Waals surface area contributed by atoms with Gasteiger partial charge < -0.3 is 10.2 Å². The summed E-state index contributed by atoms with van der Waals surface area (Å²) in [4.78, 5) is 14.2. The number of benzene rings is 2. The third kappa shape index (κ3) is 4.63. The summed E-state index contributed by atoms with van der Waals surface area (Å²) >= 11 is 0. The average Bonchev–Trinajstić information content (AvgIpc) is 2.55. The van der Waals surface area contributed by atoms with E-state index in [4.69, 9.17) is 0 Å². The van der Waals surface area contributed by atoms with Crippen LogP contribution in [0.1, 0.15) is 34.5 Å². The molecule has 0 aliphatic rings.